The number of H-pyrrole nitrogens is 1. The zero-order valence-electron chi connectivity index (χ0n) is 11.5. The van der Waals surface area contributed by atoms with Gasteiger partial charge in [0.05, 0.1) is 5.56 Å². The molecule has 4 heteroatoms. The van der Waals surface area contributed by atoms with Crippen LogP contribution in [0.2, 0.25) is 0 Å². The second kappa shape index (κ2) is 5.12. The van der Waals surface area contributed by atoms with Crippen molar-refractivity contribution in [1.82, 2.24) is 9.97 Å². The first-order chi connectivity index (χ1) is 9.70. The number of fused-ring (bicyclic) bond motifs is 1. The molecule has 1 atom stereocenters. The second-order valence-electron chi connectivity index (χ2n) is 5.29. The maximum Gasteiger partial charge on any atom is 0.257 e. The summed E-state index contributed by atoms with van der Waals surface area (Å²) in [6, 6.07) is 8.21. The van der Waals surface area contributed by atoms with Crippen LogP contribution in [0.15, 0.2) is 29.1 Å². The molecule has 0 radical (unpaired) electrons. The molecule has 0 spiro atoms. The van der Waals surface area contributed by atoms with E-state index in [0.29, 0.717) is 17.8 Å². The highest BCUT2D eigenvalue weighted by molar-refractivity contribution is 5.39. The molecule has 104 valence electrons. The summed E-state index contributed by atoms with van der Waals surface area (Å²) in [4.78, 5) is 19.2. The largest absolute Gasteiger partial charge is 0.493 e. The Morgan fingerprint density at radius 3 is 2.95 bits per heavy atom. The molecule has 3 rings (SSSR count). The molecule has 0 bridgehead atoms. The number of aromatic amines is 1. The van der Waals surface area contributed by atoms with E-state index in [1.165, 1.54) is 11.1 Å². The van der Waals surface area contributed by atoms with Crippen LogP contribution >= 0.6 is 0 Å². The van der Waals surface area contributed by atoms with E-state index in [1.807, 2.05) is 19.1 Å². The van der Waals surface area contributed by atoms with Crippen molar-refractivity contribution in [1.29, 1.82) is 0 Å². The van der Waals surface area contributed by atoms with Crippen LogP contribution in [0, 0.1) is 0 Å². The maximum atomic E-state index is 12.1. The third-order valence-corrected chi connectivity index (χ3v) is 3.97. The van der Waals surface area contributed by atoms with Gasteiger partial charge in [-0.3, -0.25) is 4.79 Å². The Morgan fingerprint density at radius 1 is 1.40 bits per heavy atom. The molecule has 0 fully saturated rings. The number of benzene rings is 1. The Labute approximate surface area is 117 Å². The van der Waals surface area contributed by atoms with E-state index in [-0.39, 0.29) is 17.4 Å². The van der Waals surface area contributed by atoms with E-state index in [2.05, 4.69) is 22.1 Å². The number of nitrogens with one attached hydrogen (secondary N) is 1. The standard InChI is InChI=1S/C16H18N2O2/c1-2-5-13-15(19)17-14(18-16(13)20)12-9-8-10-6-3-4-7-11(10)12/h3-4,6-7,12H,2,5,8-9H2,1H3,(H2,17,18,19,20). The van der Waals surface area contributed by atoms with Crippen molar-refractivity contribution in [3.8, 4) is 5.88 Å². The monoisotopic (exact) mass is 270 g/mol. The minimum Gasteiger partial charge on any atom is -0.493 e. The fourth-order valence-electron chi connectivity index (χ4n) is 2.98. The number of nitrogens with zero attached hydrogens (tertiary/aromatic N) is 1. The number of rotatable bonds is 3. The SMILES string of the molecule is CCCc1c(O)nc(C2CCc3ccccc32)[nH]c1=O. The van der Waals surface area contributed by atoms with Gasteiger partial charge in [-0.1, -0.05) is 37.6 Å². The second-order valence-corrected chi connectivity index (χ2v) is 5.29. The highest BCUT2D eigenvalue weighted by atomic mass is 16.3. The Hall–Kier alpha value is -2.10. The van der Waals surface area contributed by atoms with Crippen LogP contribution in [0.25, 0.3) is 0 Å². The summed E-state index contributed by atoms with van der Waals surface area (Å²) in [5.41, 5.74) is 2.69. The van der Waals surface area contributed by atoms with Crippen molar-refractivity contribution in [2.24, 2.45) is 0 Å². The molecule has 20 heavy (non-hydrogen) atoms. The molecular weight excluding hydrogens is 252 g/mol. The van der Waals surface area contributed by atoms with Gasteiger partial charge in [0.15, 0.2) is 0 Å². The van der Waals surface area contributed by atoms with Gasteiger partial charge in [-0.2, -0.15) is 4.98 Å². The Kier molecular flexibility index (Phi) is 3.30. The highest BCUT2D eigenvalue weighted by Crippen LogP contribution is 2.36. The molecule has 1 heterocycles. The highest BCUT2D eigenvalue weighted by Gasteiger charge is 2.26. The number of aryl methyl sites for hydroxylation is 1. The van der Waals surface area contributed by atoms with E-state index in [1.54, 1.807) is 0 Å². The topological polar surface area (TPSA) is 66.0 Å². The van der Waals surface area contributed by atoms with Crippen LogP contribution in [0.4, 0.5) is 0 Å². The van der Waals surface area contributed by atoms with Gasteiger partial charge in [-0.15, -0.1) is 0 Å². The maximum absolute atomic E-state index is 12.1. The van der Waals surface area contributed by atoms with E-state index in [0.717, 1.165) is 19.3 Å². The van der Waals surface area contributed by atoms with E-state index in [4.69, 9.17) is 0 Å². The molecule has 0 amide bonds. The molecule has 2 N–H and O–H groups in total. The van der Waals surface area contributed by atoms with E-state index < -0.39 is 0 Å². The van der Waals surface area contributed by atoms with Crippen LogP contribution in [0.5, 0.6) is 5.88 Å². The van der Waals surface area contributed by atoms with Gasteiger partial charge in [0.2, 0.25) is 5.88 Å². The minimum atomic E-state index is -0.210. The zero-order chi connectivity index (χ0) is 14.1. The Morgan fingerprint density at radius 2 is 2.20 bits per heavy atom. The molecular formula is C16H18N2O2. The Bertz CT molecular complexity index is 691. The van der Waals surface area contributed by atoms with Gasteiger partial charge < -0.3 is 10.1 Å². The third kappa shape index (κ3) is 2.11. The molecule has 0 saturated heterocycles. The predicted octanol–water partition coefficient (Wildman–Crippen LogP) is 2.51. The van der Waals surface area contributed by atoms with Crippen LogP contribution in [-0.2, 0) is 12.8 Å². The minimum absolute atomic E-state index is 0.0838. The summed E-state index contributed by atoms with van der Waals surface area (Å²) in [7, 11) is 0. The van der Waals surface area contributed by atoms with Crippen molar-refractivity contribution >= 4 is 0 Å². The van der Waals surface area contributed by atoms with Crippen molar-refractivity contribution in [3.05, 3.63) is 57.1 Å². The first-order valence-electron chi connectivity index (χ1n) is 7.10. The van der Waals surface area contributed by atoms with Gasteiger partial charge in [0, 0.05) is 5.92 Å². The molecule has 0 aliphatic heterocycles. The van der Waals surface area contributed by atoms with E-state index >= 15 is 0 Å². The molecule has 1 unspecified atom stereocenters. The molecule has 0 saturated carbocycles. The molecule has 1 aromatic heterocycles. The summed E-state index contributed by atoms with van der Waals surface area (Å²) in [6.07, 6.45) is 3.27. The lowest BCUT2D eigenvalue weighted by Gasteiger charge is -2.12. The van der Waals surface area contributed by atoms with Gasteiger partial charge >= 0.3 is 0 Å². The molecule has 1 aromatic carbocycles. The smallest absolute Gasteiger partial charge is 0.257 e. The molecule has 1 aliphatic rings. The van der Waals surface area contributed by atoms with Gasteiger partial charge in [0.25, 0.3) is 5.56 Å². The summed E-state index contributed by atoms with van der Waals surface area (Å²) in [5, 5.41) is 9.98. The van der Waals surface area contributed by atoms with Crippen molar-refractivity contribution in [2.45, 2.75) is 38.5 Å². The lowest BCUT2D eigenvalue weighted by molar-refractivity contribution is 0.437. The van der Waals surface area contributed by atoms with Gasteiger partial charge in [-0.05, 0) is 30.4 Å². The molecule has 1 aliphatic carbocycles. The number of aromatic hydroxyl groups is 1. The average Bonchev–Trinajstić information content (AvgIpc) is 2.86. The van der Waals surface area contributed by atoms with Crippen LogP contribution in [0.3, 0.4) is 0 Å². The third-order valence-electron chi connectivity index (χ3n) is 3.97. The number of aromatic nitrogens is 2. The first kappa shape index (κ1) is 12.9. The van der Waals surface area contributed by atoms with Crippen molar-refractivity contribution in [2.75, 3.05) is 0 Å². The predicted molar refractivity (Wildman–Crippen MR) is 77.1 cm³/mol. The number of hydrogen-bond acceptors (Lipinski definition) is 3. The lowest BCUT2D eigenvalue weighted by Crippen LogP contribution is -2.18. The van der Waals surface area contributed by atoms with Crippen LogP contribution in [0.1, 0.15) is 48.2 Å². The normalized spacial score (nSPS) is 17.1. The summed E-state index contributed by atoms with van der Waals surface area (Å²) in [5.74, 6) is 0.549. The fourth-order valence-corrected chi connectivity index (χ4v) is 2.98. The Balaban J connectivity index is 2.03. The lowest BCUT2D eigenvalue weighted by atomic mass is 10.0. The van der Waals surface area contributed by atoms with E-state index in [9.17, 15) is 9.90 Å². The average molecular weight is 270 g/mol. The van der Waals surface area contributed by atoms with Crippen LogP contribution in [-0.4, -0.2) is 15.1 Å². The number of hydrogen-bond donors (Lipinski definition) is 2. The molecule has 2 aromatic rings. The van der Waals surface area contributed by atoms with Gasteiger partial charge in [-0.25, -0.2) is 0 Å². The first-order valence-corrected chi connectivity index (χ1v) is 7.10. The van der Waals surface area contributed by atoms with Gasteiger partial charge in [0.1, 0.15) is 5.82 Å². The molecule has 4 nitrogen and oxygen atoms in total. The fraction of sp³-hybridized carbons (Fsp3) is 0.375. The van der Waals surface area contributed by atoms with Crippen molar-refractivity contribution < 1.29 is 5.11 Å². The quantitative estimate of drug-likeness (QED) is 0.900. The van der Waals surface area contributed by atoms with Crippen molar-refractivity contribution in [3.63, 3.8) is 0 Å². The summed E-state index contributed by atoms with van der Waals surface area (Å²) in [6.45, 7) is 1.97. The zero-order valence-corrected chi connectivity index (χ0v) is 11.5. The summed E-state index contributed by atoms with van der Waals surface area (Å²) >= 11 is 0. The van der Waals surface area contributed by atoms with Crippen LogP contribution < -0.4 is 5.56 Å². The summed E-state index contributed by atoms with van der Waals surface area (Å²) < 4.78 is 0.